The van der Waals surface area contributed by atoms with E-state index in [0.29, 0.717) is 22.0 Å². The molecule has 0 bridgehead atoms. The number of rotatable bonds is 4. The van der Waals surface area contributed by atoms with Gasteiger partial charge in [0.1, 0.15) is 11.5 Å². The third-order valence-electron chi connectivity index (χ3n) is 2.79. The molecule has 1 N–H and O–H groups in total. The number of amides is 2. The minimum Gasteiger partial charge on any atom is -0.497 e. The Kier molecular flexibility index (Phi) is 5.04. The molecule has 0 atom stereocenters. The largest absolute Gasteiger partial charge is 0.497 e. The van der Waals surface area contributed by atoms with E-state index in [0.717, 1.165) is 16.8 Å². The highest BCUT2D eigenvalue weighted by atomic mass is 32.2. The first-order chi connectivity index (χ1) is 10.5. The molecule has 1 aliphatic heterocycles. The Labute approximate surface area is 137 Å². The molecule has 1 aromatic carbocycles. The third kappa shape index (κ3) is 3.40. The topological polar surface area (TPSA) is 67.9 Å². The van der Waals surface area contributed by atoms with Gasteiger partial charge in [0.25, 0.3) is 5.91 Å². The van der Waals surface area contributed by atoms with Crippen LogP contribution in [0.1, 0.15) is 12.5 Å². The highest BCUT2D eigenvalue weighted by Gasteiger charge is 2.33. The number of carbonyl (C=O) groups is 2. The Morgan fingerprint density at radius 2 is 2.09 bits per heavy atom. The van der Waals surface area contributed by atoms with E-state index in [1.165, 1.54) is 14.0 Å². The molecule has 1 saturated heterocycles. The molecular formula is C14H14N2O4S2. The zero-order valence-electron chi connectivity index (χ0n) is 12.2. The summed E-state index contributed by atoms with van der Waals surface area (Å²) in [6, 6.07) is 5.27. The third-order valence-corrected chi connectivity index (χ3v) is 4.09. The summed E-state index contributed by atoms with van der Waals surface area (Å²) >= 11 is 6.21. The number of thiocarbonyl (C=S) groups is 1. The number of carbonyl (C=O) groups excluding carboxylic acids is 2. The van der Waals surface area contributed by atoms with Crippen molar-refractivity contribution in [2.75, 3.05) is 14.2 Å². The van der Waals surface area contributed by atoms with E-state index in [2.05, 4.69) is 5.43 Å². The number of benzene rings is 1. The van der Waals surface area contributed by atoms with Gasteiger partial charge in [-0.2, -0.15) is 5.01 Å². The van der Waals surface area contributed by atoms with Crippen LogP contribution in [-0.2, 0) is 9.59 Å². The number of hydrogen-bond donors (Lipinski definition) is 1. The molecule has 1 heterocycles. The Hall–Kier alpha value is -2.06. The second-order valence-electron chi connectivity index (χ2n) is 4.29. The van der Waals surface area contributed by atoms with Gasteiger partial charge in [-0.1, -0.05) is 11.8 Å². The van der Waals surface area contributed by atoms with Gasteiger partial charge in [0.2, 0.25) is 5.91 Å². The molecule has 1 fully saturated rings. The van der Waals surface area contributed by atoms with Crippen molar-refractivity contribution in [3.8, 4) is 11.5 Å². The average Bonchev–Trinajstić information content (AvgIpc) is 2.75. The fourth-order valence-electron chi connectivity index (χ4n) is 1.80. The van der Waals surface area contributed by atoms with Gasteiger partial charge in [-0.05, 0) is 30.4 Å². The Morgan fingerprint density at radius 1 is 1.36 bits per heavy atom. The smallest absolute Gasteiger partial charge is 0.285 e. The average molecular weight is 338 g/mol. The van der Waals surface area contributed by atoms with Crippen LogP contribution in [0, 0.1) is 0 Å². The lowest BCUT2D eigenvalue weighted by Gasteiger charge is -2.13. The molecule has 0 aromatic heterocycles. The number of methoxy groups -OCH3 is 2. The molecule has 1 aliphatic rings. The van der Waals surface area contributed by atoms with Crippen LogP contribution >= 0.6 is 24.0 Å². The highest BCUT2D eigenvalue weighted by Crippen LogP contribution is 2.34. The standard InChI is InChI=1S/C14H14N2O4S2/c1-8(17)15-16-13(18)12(22-14(16)21)6-9-4-5-10(19-2)7-11(9)20-3/h4-7H,1-3H3,(H,15,17)/b12-6-. The second kappa shape index (κ2) is 6.80. The van der Waals surface area contributed by atoms with Crippen LogP contribution in [-0.4, -0.2) is 35.4 Å². The van der Waals surface area contributed by atoms with E-state index in [9.17, 15) is 9.59 Å². The predicted octanol–water partition coefficient (Wildman–Crippen LogP) is 1.96. The number of ether oxygens (including phenoxy) is 2. The van der Waals surface area contributed by atoms with Gasteiger partial charge in [-0.3, -0.25) is 15.0 Å². The van der Waals surface area contributed by atoms with Gasteiger partial charge in [-0.15, -0.1) is 0 Å². The summed E-state index contributed by atoms with van der Waals surface area (Å²) in [5.74, 6) is 0.492. The molecule has 116 valence electrons. The van der Waals surface area contributed by atoms with Crippen LogP contribution in [0.3, 0.4) is 0 Å². The normalized spacial score (nSPS) is 16.1. The quantitative estimate of drug-likeness (QED) is 0.669. The number of nitrogens with zero attached hydrogens (tertiary/aromatic N) is 1. The van der Waals surface area contributed by atoms with E-state index < -0.39 is 0 Å². The maximum atomic E-state index is 12.2. The van der Waals surface area contributed by atoms with Crippen molar-refractivity contribution in [1.29, 1.82) is 0 Å². The Morgan fingerprint density at radius 3 is 2.68 bits per heavy atom. The molecule has 0 saturated carbocycles. The van der Waals surface area contributed by atoms with Gasteiger partial charge in [-0.25, -0.2) is 0 Å². The maximum absolute atomic E-state index is 12.2. The fraction of sp³-hybridized carbons (Fsp3) is 0.214. The minimum absolute atomic E-state index is 0.277. The number of nitrogens with one attached hydrogen (secondary N) is 1. The zero-order valence-corrected chi connectivity index (χ0v) is 13.8. The van der Waals surface area contributed by atoms with Crippen LogP contribution in [0.15, 0.2) is 23.1 Å². The molecule has 2 amide bonds. The highest BCUT2D eigenvalue weighted by molar-refractivity contribution is 8.26. The molecule has 22 heavy (non-hydrogen) atoms. The van der Waals surface area contributed by atoms with E-state index in [4.69, 9.17) is 21.7 Å². The van der Waals surface area contributed by atoms with Crippen LogP contribution in [0.2, 0.25) is 0 Å². The van der Waals surface area contributed by atoms with E-state index in [1.807, 2.05) is 0 Å². The van der Waals surface area contributed by atoms with Gasteiger partial charge in [0.15, 0.2) is 4.32 Å². The molecule has 0 spiro atoms. The number of thioether (sulfide) groups is 1. The van der Waals surface area contributed by atoms with Crippen LogP contribution in [0.25, 0.3) is 6.08 Å². The first kappa shape index (κ1) is 16.3. The Bertz CT molecular complexity index is 673. The summed E-state index contributed by atoms with van der Waals surface area (Å²) in [6.45, 7) is 1.31. The van der Waals surface area contributed by atoms with Crippen LogP contribution < -0.4 is 14.9 Å². The van der Waals surface area contributed by atoms with Gasteiger partial charge in [0.05, 0.1) is 19.1 Å². The van der Waals surface area contributed by atoms with E-state index in [1.54, 1.807) is 31.4 Å². The van der Waals surface area contributed by atoms with Crippen molar-refractivity contribution in [1.82, 2.24) is 10.4 Å². The summed E-state index contributed by atoms with van der Waals surface area (Å²) in [6.07, 6.45) is 1.67. The number of hydrazine groups is 1. The molecule has 0 unspecified atom stereocenters. The molecule has 0 radical (unpaired) electrons. The van der Waals surface area contributed by atoms with Crippen molar-refractivity contribution in [3.05, 3.63) is 28.7 Å². The summed E-state index contributed by atoms with van der Waals surface area (Å²) in [7, 11) is 3.10. The summed E-state index contributed by atoms with van der Waals surface area (Å²) in [5, 5.41) is 1.06. The second-order valence-corrected chi connectivity index (χ2v) is 5.97. The lowest BCUT2D eigenvalue weighted by atomic mass is 10.1. The zero-order chi connectivity index (χ0) is 16.3. The van der Waals surface area contributed by atoms with Crippen LogP contribution in [0.5, 0.6) is 11.5 Å². The summed E-state index contributed by atoms with van der Waals surface area (Å²) in [4.78, 5) is 23.8. The molecule has 0 aliphatic carbocycles. The summed E-state index contributed by atoms with van der Waals surface area (Å²) < 4.78 is 10.7. The van der Waals surface area contributed by atoms with Crippen molar-refractivity contribution in [2.24, 2.45) is 0 Å². The molecular weight excluding hydrogens is 324 g/mol. The maximum Gasteiger partial charge on any atom is 0.285 e. The van der Waals surface area contributed by atoms with E-state index in [-0.39, 0.29) is 16.1 Å². The monoisotopic (exact) mass is 338 g/mol. The minimum atomic E-state index is -0.372. The Balaban J connectivity index is 2.32. The van der Waals surface area contributed by atoms with Crippen molar-refractivity contribution in [2.45, 2.75) is 6.92 Å². The first-order valence-corrected chi connectivity index (χ1v) is 7.46. The van der Waals surface area contributed by atoms with Gasteiger partial charge >= 0.3 is 0 Å². The van der Waals surface area contributed by atoms with E-state index >= 15 is 0 Å². The predicted molar refractivity (Wildman–Crippen MR) is 88.4 cm³/mol. The first-order valence-electron chi connectivity index (χ1n) is 6.23. The molecule has 2 rings (SSSR count). The van der Waals surface area contributed by atoms with Crippen molar-refractivity contribution in [3.63, 3.8) is 0 Å². The number of hydrogen-bond acceptors (Lipinski definition) is 6. The molecule has 6 nitrogen and oxygen atoms in total. The molecule has 8 heteroatoms. The van der Waals surface area contributed by atoms with Gasteiger partial charge in [0, 0.05) is 18.6 Å². The van der Waals surface area contributed by atoms with Crippen LogP contribution in [0.4, 0.5) is 0 Å². The molecule has 1 aromatic rings. The lowest BCUT2D eigenvalue weighted by Crippen LogP contribution is -2.43. The fourth-order valence-corrected chi connectivity index (χ4v) is 2.97. The van der Waals surface area contributed by atoms with Crippen molar-refractivity contribution >= 4 is 46.2 Å². The van der Waals surface area contributed by atoms with Crippen molar-refractivity contribution < 1.29 is 19.1 Å². The van der Waals surface area contributed by atoms with Gasteiger partial charge < -0.3 is 9.47 Å². The summed E-state index contributed by atoms with van der Waals surface area (Å²) in [5.41, 5.74) is 3.11. The SMILES string of the molecule is COc1ccc(/C=C2\SC(=S)N(NC(C)=O)C2=O)c(OC)c1. The lowest BCUT2D eigenvalue weighted by molar-refractivity contribution is -0.131.